The van der Waals surface area contributed by atoms with Crippen LogP contribution in [0.2, 0.25) is 0 Å². The summed E-state index contributed by atoms with van der Waals surface area (Å²) in [6, 6.07) is 0. The SMILES string of the molecule is C/C=C\[C@H]1CO[C@](OC(C)(C)O)(C(O)O)C(C)(C(=O)CC)[C@H]1CCC. The van der Waals surface area contributed by atoms with E-state index in [1.54, 1.807) is 13.8 Å². The Hall–Kier alpha value is -0.790. The molecule has 1 aliphatic rings. The first kappa shape index (κ1) is 22.3. The van der Waals surface area contributed by atoms with E-state index in [0.717, 1.165) is 6.42 Å². The van der Waals surface area contributed by atoms with Crippen LogP contribution in [0.25, 0.3) is 0 Å². The summed E-state index contributed by atoms with van der Waals surface area (Å²) in [5, 5.41) is 30.6. The number of ether oxygens (including phenoxy) is 2. The maximum Gasteiger partial charge on any atom is 0.235 e. The lowest BCUT2D eigenvalue weighted by Crippen LogP contribution is -2.70. The number of ketones is 1. The first-order chi connectivity index (χ1) is 11.5. The third-order valence-electron chi connectivity index (χ3n) is 5.15. The van der Waals surface area contributed by atoms with E-state index in [9.17, 15) is 20.1 Å². The van der Waals surface area contributed by atoms with Crippen LogP contribution < -0.4 is 0 Å². The third-order valence-corrected chi connectivity index (χ3v) is 5.15. The Morgan fingerprint density at radius 2 is 2.00 bits per heavy atom. The summed E-state index contributed by atoms with van der Waals surface area (Å²) in [4.78, 5) is 13.0. The molecule has 0 spiro atoms. The lowest BCUT2D eigenvalue weighted by Gasteiger charge is -2.57. The number of Topliss-reactive ketones (excluding diaryl/α,β-unsaturated/α-hetero) is 1. The second kappa shape index (κ2) is 8.27. The van der Waals surface area contributed by atoms with Crippen molar-refractivity contribution in [3.05, 3.63) is 12.2 Å². The Labute approximate surface area is 150 Å². The molecule has 0 aromatic heterocycles. The van der Waals surface area contributed by atoms with E-state index in [2.05, 4.69) is 0 Å². The minimum Gasteiger partial charge on any atom is -0.366 e. The van der Waals surface area contributed by atoms with Crippen LogP contribution in [-0.4, -0.2) is 45.6 Å². The fraction of sp³-hybridized carbons (Fsp3) is 0.842. The predicted octanol–water partition coefficient (Wildman–Crippen LogP) is 2.36. The molecule has 0 radical (unpaired) electrons. The van der Waals surface area contributed by atoms with Gasteiger partial charge in [0.25, 0.3) is 0 Å². The van der Waals surface area contributed by atoms with Crippen molar-refractivity contribution in [2.75, 3.05) is 6.61 Å². The number of hydrogen-bond donors (Lipinski definition) is 3. The van der Waals surface area contributed by atoms with Crippen LogP contribution in [0.15, 0.2) is 12.2 Å². The molecule has 0 bridgehead atoms. The highest BCUT2D eigenvalue weighted by molar-refractivity contribution is 5.86. The van der Waals surface area contributed by atoms with Crippen LogP contribution >= 0.6 is 0 Å². The van der Waals surface area contributed by atoms with E-state index >= 15 is 0 Å². The topological polar surface area (TPSA) is 96.2 Å². The smallest absolute Gasteiger partial charge is 0.235 e. The molecule has 1 aliphatic heterocycles. The molecule has 146 valence electrons. The van der Waals surface area contributed by atoms with Gasteiger partial charge in [-0.25, -0.2) is 0 Å². The summed E-state index contributed by atoms with van der Waals surface area (Å²) < 4.78 is 11.5. The van der Waals surface area contributed by atoms with Gasteiger partial charge in [-0.3, -0.25) is 4.79 Å². The van der Waals surface area contributed by atoms with Crippen molar-refractivity contribution in [3.8, 4) is 0 Å². The van der Waals surface area contributed by atoms with Crippen LogP contribution in [0.3, 0.4) is 0 Å². The summed E-state index contributed by atoms with van der Waals surface area (Å²) in [5.41, 5.74) is -1.33. The average Bonchev–Trinajstić information content (AvgIpc) is 2.51. The minimum atomic E-state index is -2.08. The van der Waals surface area contributed by atoms with E-state index in [-0.39, 0.29) is 30.6 Å². The molecule has 0 aromatic rings. The number of carbonyl (C=O) groups excluding carboxylic acids is 1. The van der Waals surface area contributed by atoms with Gasteiger partial charge in [0.05, 0.1) is 12.0 Å². The monoisotopic (exact) mass is 358 g/mol. The Kier molecular flexibility index (Phi) is 7.36. The van der Waals surface area contributed by atoms with Gasteiger partial charge >= 0.3 is 0 Å². The first-order valence-corrected chi connectivity index (χ1v) is 9.08. The number of aliphatic hydroxyl groups excluding tert-OH is 1. The Bertz CT molecular complexity index is 481. The fourth-order valence-corrected chi connectivity index (χ4v) is 4.09. The lowest BCUT2D eigenvalue weighted by molar-refractivity contribution is -0.441. The maximum absolute atomic E-state index is 13.0. The number of aliphatic hydroxyl groups is 3. The van der Waals surface area contributed by atoms with Gasteiger partial charge in [-0.1, -0.05) is 32.4 Å². The van der Waals surface area contributed by atoms with Gasteiger partial charge in [-0.15, -0.1) is 0 Å². The van der Waals surface area contributed by atoms with E-state index in [1.807, 2.05) is 26.0 Å². The highest BCUT2D eigenvalue weighted by atomic mass is 16.8. The predicted molar refractivity (Wildman–Crippen MR) is 94.4 cm³/mol. The molecule has 1 saturated heterocycles. The zero-order valence-corrected chi connectivity index (χ0v) is 16.3. The zero-order chi connectivity index (χ0) is 19.5. The molecule has 3 N–H and O–H groups in total. The van der Waals surface area contributed by atoms with Crippen LogP contribution in [0, 0.1) is 17.3 Å². The molecule has 1 heterocycles. The fourth-order valence-electron chi connectivity index (χ4n) is 4.09. The van der Waals surface area contributed by atoms with Gasteiger partial charge in [0, 0.05) is 12.3 Å². The summed E-state index contributed by atoms with van der Waals surface area (Å²) in [6.45, 7) is 10.3. The Morgan fingerprint density at radius 1 is 1.40 bits per heavy atom. The van der Waals surface area contributed by atoms with Gasteiger partial charge in [-0.2, -0.15) is 0 Å². The molecule has 0 aromatic carbocycles. The summed E-state index contributed by atoms with van der Waals surface area (Å²) >= 11 is 0. The molecule has 0 amide bonds. The van der Waals surface area contributed by atoms with Crippen molar-refractivity contribution in [3.63, 3.8) is 0 Å². The average molecular weight is 358 g/mol. The van der Waals surface area contributed by atoms with Gasteiger partial charge in [-0.05, 0) is 40.0 Å². The highest BCUT2D eigenvalue weighted by Crippen LogP contribution is 2.54. The van der Waals surface area contributed by atoms with Gasteiger partial charge in [0.15, 0.2) is 5.79 Å². The van der Waals surface area contributed by atoms with Crippen LogP contribution in [0.1, 0.15) is 60.8 Å². The maximum atomic E-state index is 13.0. The number of carbonyl (C=O) groups is 1. The third kappa shape index (κ3) is 4.14. The number of rotatable bonds is 8. The quantitative estimate of drug-likeness (QED) is 0.455. The molecule has 0 saturated carbocycles. The van der Waals surface area contributed by atoms with E-state index in [1.165, 1.54) is 13.8 Å². The minimum absolute atomic E-state index is 0.0530. The molecular weight excluding hydrogens is 324 g/mol. The van der Waals surface area contributed by atoms with Crippen molar-refractivity contribution < 1.29 is 29.6 Å². The van der Waals surface area contributed by atoms with Crippen molar-refractivity contribution in [2.24, 2.45) is 17.3 Å². The van der Waals surface area contributed by atoms with Gasteiger partial charge in [0.1, 0.15) is 5.78 Å². The zero-order valence-electron chi connectivity index (χ0n) is 16.3. The summed E-state index contributed by atoms with van der Waals surface area (Å²) in [5.74, 6) is -4.18. The first-order valence-electron chi connectivity index (χ1n) is 9.08. The van der Waals surface area contributed by atoms with E-state index < -0.39 is 23.3 Å². The molecule has 25 heavy (non-hydrogen) atoms. The van der Waals surface area contributed by atoms with Gasteiger partial charge in [0.2, 0.25) is 12.1 Å². The number of allylic oxidation sites excluding steroid dienone is 1. The standard InChI is InChI=1S/C19H34O6/c1-7-10-13-12-24-19(16(21)22,25-17(4,5)23)18(6,15(20)9-3)14(13)11-8-2/h7,10,13-14,16,21-23H,8-9,11-12H2,1-6H3/b10-7-/t13-,14-,18?,19-/m0/s1. The second-order valence-electron chi connectivity index (χ2n) is 7.46. The molecule has 0 aliphatic carbocycles. The van der Waals surface area contributed by atoms with Crippen molar-refractivity contribution in [1.29, 1.82) is 0 Å². The van der Waals surface area contributed by atoms with Crippen molar-refractivity contribution in [2.45, 2.75) is 78.7 Å². The highest BCUT2D eigenvalue weighted by Gasteiger charge is 2.67. The summed E-state index contributed by atoms with van der Waals surface area (Å²) in [6.07, 6.45) is 3.54. The Morgan fingerprint density at radius 3 is 2.40 bits per heavy atom. The molecule has 6 nitrogen and oxygen atoms in total. The second-order valence-corrected chi connectivity index (χ2v) is 7.46. The normalized spacial score (nSPS) is 34.0. The van der Waals surface area contributed by atoms with E-state index in [0.29, 0.717) is 6.42 Å². The van der Waals surface area contributed by atoms with Crippen LogP contribution in [0.5, 0.6) is 0 Å². The molecule has 1 rings (SSSR count). The molecule has 4 atom stereocenters. The molecule has 1 fully saturated rings. The molecular formula is C19H34O6. The van der Waals surface area contributed by atoms with Crippen molar-refractivity contribution >= 4 is 5.78 Å². The molecule has 6 heteroatoms. The lowest BCUT2D eigenvalue weighted by atomic mass is 9.59. The van der Waals surface area contributed by atoms with Crippen LogP contribution in [-0.2, 0) is 14.3 Å². The molecule has 1 unspecified atom stereocenters. The van der Waals surface area contributed by atoms with Crippen molar-refractivity contribution in [1.82, 2.24) is 0 Å². The van der Waals surface area contributed by atoms with E-state index in [4.69, 9.17) is 9.47 Å². The van der Waals surface area contributed by atoms with Crippen LogP contribution in [0.4, 0.5) is 0 Å². The Balaban J connectivity index is 3.61. The number of hydrogen-bond acceptors (Lipinski definition) is 6. The largest absolute Gasteiger partial charge is 0.366 e. The summed E-state index contributed by atoms with van der Waals surface area (Å²) in [7, 11) is 0. The van der Waals surface area contributed by atoms with Gasteiger partial charge < -0.3 is 24.8 Å².